The van der Waals surface area contributed by atoms with E-state index in [4.69, 9.17) is 0 Å². The van der Waals surface area contributed by atoms with Gasteiger partial charge in [-0.15, -0.1) is 0 Å². The quantitative estimate of drug-likeness (QED) is 0.650. The fourth-order valence-electron chi connectivity index (χ4n) is 3.56. The molecule has 3 rings (SSSR count). The lowest BCUT2D eigenvalue weighted by Gasteiger charge is -2.31. The SMILES string of the molecule is CN(C(=O)c1cc(N2CCCCC2)ccc1C=O)C1CCC(=O)NC1=O. The second-order valence-electron chi connectivity index (χ2n) is 6.82. The first-order valence-corrected chi connectivity index (χ1v) is 8.96. The molecule has 0 radical (unpaired) electrons. The lowest BCUT2D eigenvalue weighted by molar-refractivity contribution is -0.136. The molecule has 0 bridgehead atoms. The summed E-state index contributed by atoms with van der Waals surface area (Å²) in [4.78, 5) is 51.3. The van der Waals surface area contributed by atoms with Crippen LogP contribution in [-0.2, 0) is 9.59 Å². The maximum Gasteiger partial charge on any atom is 0.255 e. The van der Waals surface area contributed by atoms with E-state index in [1.807, 2.05) is 6.07 Å². The minimum Gasteiger partial charge on any atom is -0.372 e. The van der Waals surface area contributed by atoms with Crippen molar-refractivity contribution >= 4 is 29.7 Å². The van der Waals surface area contributed by atoms with Gasteiger partial charge in [-0.25, -0.2) is 0 Å². The van der Waals surface area contributed by atoms with Crippen molar-refractivity contribution in [2.45, 2.75) is 38.1 Å². The Balaban J connectivity index is 1.86. The summed E-state index contributed by atoms with van der Waals surface area (Å²) in [6.45, 7) is 1.86. The van der Waals surface area contributed by atoms with Crippen molar-refractivity contribution in [3.05, 3.63) is 29.3 Å². The Morgan fingerprint density at radius 2 is 1.96 bits per heavy atom. The number of imide groups is 1. The monoisotopic (exact) mass is 357 g/mol. The number of hydrogen-bond acceptors (Lipinski definition) is 5. The molecule has 3 amide bonds. The summed E-state index contributed by atoms with van der Waals surface area (Å²) in [5, 5.41) is 2.26. The molecule has 2 fully saturated rings. The Labute approximate surface area is 152 Å². The molecule has 2 aliphatic rings. The highest BCUT2D eigenvalue weighted by atomic mass is 16.2. The van der Waals surface area contributed by atoms with E-state index in [9.17, 15) is 19.2 Å². The molecule has 1 unspecified atom stereocenters. The smallest absolute Gasteiger partial charge is 0.255 e. The van der Waals surface area contributed by atoms with E-state index in [2.05, 4.69) is 10.2 Å². The highest BCUT2D eigenvalue weighted by Crippen LogP contribution is 2.24. The third-order valence-electron chi connectivity index (χ3n) is 5.11. The molecule has 2 heterocycles. The van der Waals surface area contributed by atoms with Crippen molar-refractivity contribution in [3.63, 3.8) is 0 Å². The lowest BCUT2D eigenvalue weighted by atomic mass is 10.0. The van der Waals surface area contributed by atoms with Crippen molar-refractivity contribution in [1.82, 2.24) is 10.2 Å². The molecule has 138 valence electrons. The third-order valence-corrected chi connectivity index (χ3v) is 5.11. The number of anilines is 1. The Hall–Kier alpha value is -2.70. The minimum absolute atomic E-state index is 0.197. The van der Waals surface area contributed by atoms with Crippen LogP contribution in [-0.4, -0.2) is 55.1 Å². The molecule has 26 heavy (non-hydrogen) atoms. The molecule has 1 aromatic carbocycles. The summed E-state index contributed by atoms with van der Waals surface area (Å²) in [6.07, 6.45) is 4.56. The molecular formula is C19H23N3O4. The summed E-state index contributed by atoms with van der Waals surface area (Å²) in [5.41, 5.74) is 1.50. The Bertz CT molecular complexity index is 740. The van der Waals surface area contributed by atoms with Gasteiger partial charge in [-0.1, -0.05) is 0 Å². The molecule has 2 aliphatic heterocycles. The van der Waals surface area contributed by atoms with Gasteiger partial charge in [0.1, 0.15) is 6.04 Å². The standard InChI is InChI=1S/C19H23N3O4/c1-21(16-7-8-17(24)20-18(16)25)19(26)15-11-14(6-5-13(15)12-23)22-9-3-2-4-10-22/h5-6,11-12,16H,2-4,7-10H2,1H3,(H,20,24,25). The van der Waals surface area contributed by atoms with Crippen molar-refractivity contribution < 1.29 is 19.2 Å². The van der Waals surface area contributed by atoms with Crippen LogP contribution in [0.15, 0.2) is 18.2 Å². The topological polar surface area (TPSA) is 86.8 Å². The van der Waals surface area contributed by atoms with Crippen LogP contribution in [0, 0.1) is 0 Å². The predicted octanol–water partition coefficient (Wildman–Crippen LogP) is 1.37. The van der Waals surface area contributed by atoms with Crippen LogP contribution in [0.2, 0.25) is 0 Å². The van der Waals surface area contributed by atoms with E-state index in [-0.39, 0.29) is 30.2 Å². The van der Waals surface area contributed by atoms with E-state index in [0.29, 0.717) is 11.8 Å². The summed E-state index contributed by atoms with van der Waals surface area (Å²) in [6, 6.07) is 4.54. The number of amides is 3. The van der Waals surface area contributed by atoms with E-state index in [0.717, 1.165) is 31.6 Å². The Morgan fingerprint density at radius 1 is 1.23 bits per heavy atom. The second kappa shape index (κ2) is 7.68. The van der Waals surface area contributed by atoms with Crippen molar-refractivity contribution in [2.24, 2.45) is 0 Å². The zero-order valence-corrected chi connectivity index (χ0v) is 14.9. The predicted molar refractivity (Wildman–Crippen MR) is 96.2 cm³/mol. The average Bonchev–Trinajstić information content (AvgIpc) is 2.67. The largest absolute Gasteiger partial charge is 0.372 e. The van der Waals surface area contributed by atoms with Crippen molar-refractivity contribution in [1.29, 1.82) is 0 Å². The highest BCUT2D eigenvalue weighted by Gasteiger charge is 2.33. The number of nitrogens with zero attached hydrogens (tertiary/aromatic N) is 2. The van der Waals surface area contributed by atoms with Gasteiger partial charge in [0.2, 0.25) is 11.8 Å². The van der Waals surface area contributed by atoms with E-state index in [1.165, 1.54) is 18.4 Å². The summed E-state index contributed by atoms with van der Waals surface area (Å²) >= 11 is 0. The average molecular weight is 357 g/mol. The zero-order chi connectivity index (χ0) is 18.7. The Morgan fingerprint density at radius 3 is 2.62 bits per heavy atom. The van der Waals surface area contributed by atoms with Gasteiger partial charge in [-0.2, -0.15) is 0 Å². The molecule has 1 aromatic rings. The van der Waals surface area contributed by atoms with E-state index >= 15 is 0 Å². The first kappa shape index (κ1) is 18.1. The fraction of sp³-hybridized carbons (Fsp3) is 0.474. The Kier molecular flexibility index (Phi) is 5.35. The van der Waals surface area contributed by atoms with Crippen LogP contribution in [0.3, 0.4) is 0 Å². The van der Waals surface area contributed by atoms with Gasteiger partial charge in [0, 0.05) is 37.8 Å². The molecule has 0 aromatic heterocycles. The van der Waals surface area contributed by atoms with Gasteiger partial charge in [0.25, 0.3) is 5.91 Å². The molecule has 0 spiro atoms. The number of carbonyl (C=O) groups excluding carboxylic acids is 4. The molecule has 1 atom stereocenters. The normalized spacial score (nSPS) is 20.5. The highest BCUT2D eigenvalue weighted by molar-refractivity contribution is 6.06. The van der Waals surface area contributed by atoms with Crippen molar-refractivity contribution in [3.8, 4) is 0 Å². The lowest BCUT2D eigenvalue weighted by Crippen LogP contribution is -2.53. The molecule has 2 saturated heterocycles. The molecule has 7 heteroatoms. The number of piperidine rings is 2. The number of hydrogen-bond donors (Lipinski definition) is 1. The summed E-state index contributed by atoms with van der Waals surface area (Å²) < 4.78 is 0. The first-order valence-electron chi connectivity index (χ1n) is 8.96. The van der Waals surface area contributed by atoms with E-state index < -0.39 is 11.9 Å². The van der Waals surface area contributed by atoms with Crippen LogP contribution in [0.4, 0.5) is 5.69 Å². The van der Waals surface area contributed by atoms with E-state index in [1.54, 1.807) is 12.1 Å². The van der Waals surface area contributed by atoms with Crippen LogP contribution in [0.1, 0.15) is 52.8 Å². The number of likely N-dealkylation sites (N-methyl/N-ethyl adjacent to an activating group) is 1. The number of nitrogens with one attached hydrogen (secondary N) is 1. The number of carbonyl (C=O) groups is 4. The molecule has 0 saturated carbocycles. The molecular weight excluding hydrogens is 334 g/mol. The van der Waals surface area contributed by atoms with Crippen LogP contribution in [0.5, 0.6) is 0 Å². The van der Waals surface area contributed by atoms with Crippen molar-refractivity contribution in [2.75, 3.05) is 25.0 Å². The number of aldehydes is 1. The maximum absolute atomic E-state index is 13.0. The van der Waals surface area contributed by atoms with Gasteiger partial charge < -0.3 is 9.80 Å². The maximum atomic E-state index is 13.0. The zero-order valence-electron chi connectivity index (χ0n) is 14.9. The number of benzene rings is 1. The molecule has 0 aliphatic carbocycles. The van der Waals surface area contributed by atoms with Gasteiger partial charge in [0.15, 0.2) is 6.29 Å². The second-order valence-corrected chi connectivity index (χ2v) is 6.82. The van der Waals surface area contributed by atoms with Crippen LogP contribution >= 0.6 is 0 Å². The first-order chi connectivity index (χ1) is 12.5. The van der Waals surface area contributed by atoms with Gasteiger partial charge in [-0.05, 0) is 43.9 Å². The number of rotatable bonds is 4. The third kappa shape index (κ3) is 3.61. The van der Waals surface area contributed by atoms with Gasteiger partial charge in [-0.3, -0.25) is 24.5 Å². The van der Waals surface area contributed by atoms with Crippen LogP contribution < -0.4 is 10.2 Å². The molecule has 7 nitrogen and oxygen atoms in total. The summed E-state index contributed by atoms with van der Waals surface area (Å²) in [7, 11) is 1.53. The molecule has 1 N–H and O–H groups in total. The summed E-state index contributed by atoms with van der Waals surface area (Å²) in [5.74, 6) is -1.19. The van der Waals surface area contributed by atoms with Crippen LogP contribution in [0.25, 0.3) is 0 Å². The van der Waals surface area contributed by atoms with Gasteiger partial charge in [0.05, 0.1) is 5.56 Å². The fourth-order valence-corrected chi connectivity index (χ4v) is 3.56. The minimum atomic E-state index is -0.710. The van der Waals surface area contributed by atoms with Gasteiger partial charge >= 0.3 is 0 Å².